The van der Waals surface area contributed by atoms with Gasteiger partial charge in [-0.2, -0.15) is 10.2 Å². The fourth-order valence-electron chi connectivity index (χ4n) is 7.79. The molecule has 0 spiro atoms. The summed E-state index contributed by atoms with van der Waals surface area (Å²) in [6.45, 7) is 16.3. The highest BCUT2D eigenvalue weighted by Crippen LogP contribution is 2.40. The van der Waals surface area contributed by atoms with E-state index in [2.05, 4.69) is 48.1 Å². The lowest BCUT2D eigenvalue weighted by molar-refractivity contribution is -0.110. The number of carbonyl (C=O) groups excluding carboxylic acids is 2. The van der Waals surface area contributed by atoms with E-state index in [0.717, 1.165) is 59.3 Å². The van der Waals surface area contributed by atoms with Gasteiger partial charge in [-0.1, -0.05) is 24.3 Å². The summed E-state index contributed by atoms with van der Waals surface area (Å²) in [5.41, 5.74) is 2.40. The number of ether oxygens (including phenoxy) is 8. The summed E-state index contributed by atoms with van der Waals surface area (Å²) in [4.78, 5) is 28.9. The number of nitrogens with zero attached hydrogens (tertiary/aromatic N) is 6. The number of carbonyl (C=O) groups is 2. The number of alkyl carbamates (subject to hydrolysis) is 2. The third-order valence-corrected chi connectivity index (χ3v) is 11.4. The molecule has 5 rings (SSSR count). The van der Waals surface area contributed by atoms with Crippen LogP contribution in [0, 0.1) is 10.5 Å². The van der Waals surface area contributed by atoms with Crippen LogP contribution in [0.3, 0.4) is 0 Å². The summed E-state index contributed by atoms with van der Waals surface area (Å²) in [7, 11) is 9.46. The Morgan fingerprint density at radius 1 is 0.734 bits per heavy atom. The van der Waals surface area contributed by atoms with Crippen molar-refractivity contribution in [3.63, 3.8) is 0 Å². The predicted octanol–water partition coefficient (Wildman–Crippen LogP) is 6.54. The first-order valence-corrected chi connectivity index (χ1v) is 22.6. The van der Waals surface area contributed by atoms with Crippen LogP contribution in [0.15, 0.2) is 24.3 Å². The van der Waals surface area contributed by atoms with Crippen molar-refractivity contribution < 1.29 is 52.6 Å². The van der Waals surface area contributed by atoms with Crippen LogP contribution in [0.2, 0.25) is 0 Å². The molecule has 2 amide bonds. The van der Waals surface area contributed by atoms with Crippen molar-refractivity contribution in [2.75, 3.05) is 78.6 Å². The molecule has 1 aromatic carbocycles. The van der Waals surface area contributed by atoms with Gasteiger partial charge >= 0.3 is 12.2 Å². The zero-order valence-electron chi connectivity index (χ0n) is 39.9. The third-order valence-electron chi connectivity index (χ3n) is 10.3. The number of halogens is 1. The number of hydrogen-bond donors (Lipinski definition) is 3. The number of methoxy groups -OCH3 is 6. The fourth-order valence-corrected chi connectivity index (χ4v) is 8.77. The van der Waals surface area contributed by atoms with E-state index in [1.807, 2.05) is 72.7 Å². The van der Waals surface area contributed by atoms with Crippen LogP contribution in [0.1, 0.15) is 114 Å². The van der Waals surface area contributed by atoms with Crippen molar-refractivity contribution in [3.05, 3.63) is 55.9 Å². The fraction of sp³-hybridized carbons (Fsp3) is 0.682. The molecular weight excluding hydrogens is 943 g/mol. The molecule has 2 aromatic heterocycles. The standard InChI is InChI=1S/C26H40N4O6.C18H31IN4O5/c1-17-11-8-9-13-19(17)22(31)20-21(24(34-6)35-7)28-30(16-33-5)23(20)29-14-10-12-18(15-29)27-25(32)36-26(2,3)4;1-18(2,3)28-17(24)20-12-8-7-9-22(10-12)15-13(19)14(16(26-5)27-6)21-23(15)11-25-4/h8-9,11,13,18,22,24,31H,10,12,14-16H2,1-7H3,(H,27,32);12,16H,7-11H2,1-6H3,(H,20,24)/t18-,22?;12-/m11/s1. The van der Waals surface area contributed by atoms with Crippen molar-refractivity contribution in [1.82, 2.24) is 30.2 Å². The van der Waals surface area contributed by atoms with E-state index in [4.69, 9.17) is 43.0 Å². The van der Waals surface area contributed by atoms with Crippen LogP contribution >= 0.6 is 22.6 Å². The van der Waals surface area contributed by atoms with Gasteiger partial charge in [0.15, 0.2) is 0 Å². The lowest BCUT2D eigenvalue weighted by Gasteiger charge is -2.36. The molecule has 19 nitrogen and oxygen atoms in total. The zero-order chi connectivity index (χ0) is 47.4. The number of piperidine rings is 2. The van der Waals surface area contributed by atoms with Crippen LogP contribution < -0.4 is 20.4 Å². The van der Waals surface area contributed by atoms with Crippen molar-refractivity contribution in [1.29, 1.82) is 0 Å². The Bertz CT molecular complexity index is 1940. The first kappa shape index (κ1) is 52.9. The van der Waals surface area contributed by atoms with E-state index >= 15 is 0 Å². The molecule has 0 radical (unpaired) electrons. The molecule has 0 bridgehead atoms. The number of benzene rings is 1. The van der Waals surface area contributed by atoms with Crippen LogP contribution in [0.25, 0.3) is 0 Å². The van der Waals surface area contributed by atoms with Crippen molar-refractivity contribution in [2.24, 2.45) is 0 Å². The monoisotopic (exact) mass is 1010 g/mol. The molecule has 4 heterocycles. The van der Waals surface area contributed by atoms with Crippen LogP contribution in [0.4, 0.5) is 21.2 Å². The summed E-state index contributed by atoms with van der Waals surface area (Å²) in [5.74, 6) is 1.64. The second kappa shape index (κ2) is 24.1. The van der Waals surface area contributed by atoms with E-state index in [-0.39, 0.29) is 24.9 Å². The molecule has 3 atom stereocenters. The van der Waals surface area contributed by atoms with Crippen molar-refractivity contribution >= 4 is 46.4 Å². The molecule has 3 aromatic rings. The van der Waals surface area contributed by atoms with Gasteiger partial charge in [0.1, 0.15) is 53.8 Å². The molecule has 64 heavy (non-hydrogen) atoms. The van der Waals surface area contributed by atoms with Gasteiger partial charge in [0.2, 0.25) is 12.6 Å². The molecule has 360 valence electrons. The summed E-state index contributed by atoms with van der Waals surface area (Å²) in [6, 6.07) is 7.56. The zero-order valence-corrected chi connectivity index (χ0v) is 42.0. The smallest absolute Gasteiger partial charge is 0.407 e. The number of nitrogens with one attached hydrogen (secondary N) is 2. The number of aryl methyl sites for hydroxylation is 1. The molecule has 0 aliphatic carbocycles. The van der Waals surface area contributed by atoms with Crippen LogP contribution in [0.5, 0.6) is 0 Å². The maximum Gasteiger partial charge on any atom is 0.407 e. The van der Waals surface area contributed by atoms with Gasteiger partial charge < -0.3 is 63.4 Å². The van der Waals surface area contributed by atoms with Gasteiger partial charge in [0.05, 0.1) is 9.13 Å². The predicted molar refractivity (Wildman–Crippen MR) is 249 cm³/mol. The first-order chi connectivity index (χ1) is 30.3. The van der Waals surface area contributed by atoms with Crippen LogP contribution in [-0.4, -0.2) is 129 Å². The Kier molecular flexibility index (Phi) is 19.9. The Balaban J connectivity index is 0.000000290. The largest absolute Gasteiger partial charge is 0.444 e. The molecule has 0 saturated carbocycles. The average molecular weight is 1020 g/mol. The summed E-state index contributed by atoms with van der Waals surface area (Å²) in [6.07, 6.45) is 0.354. The van der Waals surface area contributed by atoms with Crippen LogP contribution in [-0.2, 0) is 51.4 Å². The normalized spacial score (nSPS) is 17.6. The summed E-state index contributed by atoms with van der Waals surface area (Å²) in [5, 5.41) is 27.1. The molecule has 1 unspecified atom stereocenters. The van der Waals surface area contributed by atoms with Gasteiger partial charge in [-0.25, -0.2) is 19.0 Å². The second-order valence-electron chi connectivity index (χ2n) is 17.7. The topological polar surface area (TPSA) is 194 Å². The molecule has 20 heteroatoms. The summed E-state index contributed by atoms with van der Waals surface area (Å²) < 4.78 is 48.0. The number of aliphatic hydroxyl groups excluding tert-OH is 1. The Morgan fingerprint density at radius 2 is 1.17 bits per heavy atom. The van der Waals surface area contributed by atoms with Gasteiger partial charge in [0.25, 0.3) is 0 Å². The molecule has 2 saturated heterocycles. The molecule has 2 fully saturated rings. The quantitative estimate of drug-likeness (QED) is 0.103. The maximum absolute atomic E-state index is 12.4. The highest BCUT2D eigenvalue weighted by Gasteiger charge is 2.36. The highest BCUT2D eigenvalue weighted by atomic mass is 127. The minimum Gasteiger partial charge on any atom is -0.444 e. The Labute approximate surface area is 391 Å². The average Bonchev–Trinajstić information content (AvgIpc) is 3.75. The second-order valence-corrected chi connectivity index (χ2v) is 18.8. The number of aliphatic hydroxyl groups is 1. The lowest BCUT2D eigenvalue weighted by Crippen LogP contribution is -2.49. The SMILES string of the molecule is COCn1nc(C(OC)OC)c(C(O)c2ccccc2C)c1N1CCC[C@@H](NC(=O)OC(C)(C)C)C1.COCn1nc(C(OC)OC)c(I)c1N1CCC[C@@H](NC(=O)OC(C)(C)C)C1. The van der Waals surface area contributed by atoms with Crippen molar-refractivity contribution in [3.8, 4) is 0 Å². The summed E-state index contributed by atoms with van der Waals surface area (Å²) >= 11 is 2.26. The number of anilines is 2. The van der Waals surface area contributed by atoms with Gasteiger partial charge in [-0.15, -0.1) is 0 Å². The molecular formula is C44H71IN8O11. The number of rotatable bonds is 16. The number of amides is 2. The van der Waals surface area contributed by atoms with E-state index in [9.17, 15) is 14.7 Å². The van der Waals surface area contributed by atoms with E-state index < -0.39 is 36.0 Å². The third kappa shape index (κ3) is 14.4. The number of hydrogen-bond acceptors (Lipinski definition) is 15. The Morgan fingerprint density at radius 3 is 1.62 bits per heavy atom. The molecule has 2 aliphatic rings. The lowest BCUT2D eigenvalue weighted by atomic mass is 9.95. The minimum atomic E-state index is -0.978. The Hall–Kier alpha value is -3.77. The maximum atomic E-state index is 12.4. The molecule has 2 aliphatic heterocycles. The molecule has 3 N–H and O–H groups in total. The van der Waals surface area contributed by atoms with Gasteiger partial charge in [0, 0.05) is 80.9 Å². The van der Waals surface area contributed by atoms with E-state index in [1.165, 1.54) is 14.2 Å². The minimum absolute atomic E-state index is 0.00519. The van der Waals surface area contributed by atoms with E-state index in [0.29, 0.717) is 42.6 Å². The van der Waals surface area contributed by atoms with E-state index in [1.54, 1.807) is 37.8 Å². The van der Waals surface area contributed by atoms with Gasteiger partial charge in [-0.05, 0) is 108 Å². The van der Waals surface area contributed by atoms with Gasteiger partial charge in [-0.3, -0.25) is 0 Å². The number of aromatic nitrogens is 4. The highest BCUT2D eigenvalue weighted by molar-refractivity contribution is 14.1. The first-order valence-electron chi connectivity index (χ1n) is 21.5. The van der Waals surface area contributed by atoms with Crippen molar-refractivity contribution in [2.45, 2.75) is 130 Å².